The Balaban J connectivity index is 2.94. The van der Waals surface area contributed by atoms with Crippen LogP contribution in [0.4, 0.5) is 4.39 Å². The van der Waals surface area contributed by atoms with Crippen molar-refractivity contribution in [2.75, 3.05) is 6.61 Å². The second-order valence-corrected chi connectivity index (χ2v) is 3.18. The summed E-state index contributed by atoms with van der Waals surface area (Å²) in [6.45, 7) is 3.53. The van der Waals surface area contributed by atoms with Gasteiger partial charge in [0.25, 0.3) is 0 Å². The zero-order valence-corrected chi connectivity index (χ0v) is 8.66. The van der Waals surface area contributed by atoms with E-state index in [0.29, 0.717) is 0 Å². The predicted molar refractivity (Wildman–Crippen MR) is 52.7 cm³/mol. The summed E-state index contributed by atoms with van der Waals surface area (Å²) >= 11 is 0. The topological polar surface area (TPSA) is 46.5 Å². The molecule has 4 heteroatoms. The smallest absolute Gasteiger partial charge is 0.339 e. The van der Waals surface area contributed by atoms with Crippen molar-refractivity contribution < 1.29 is 19.0 Å². The van der Waals surface area contributed by atoms with Gasteiger partial charge >= 0.3 is 5.97 Å². The van der Waals surface area contributed by atoms with Gasteiger partial charge in [-0.3, -0.25) is 0 Å². The molecule has 0 bridgehead atoms. The van der Waals surface area contributed by atoms with E-state index in [4.69, 9.17) is 0 Å². The van der Waals surface area contributed by atoms with E-state index in [2.05, 4.69) is 4.74 Å². The minimum absolute atomic E-state index is 0.0477. The predicted octanol–water partition coefficient (Wildman–Crippen LogP) is 1.73. The van der Waals surface area contributed by atoms with E-state index in [9.17, 15) is 14.3 Å². The number of carbonyl (C=O) groups is 1. The van der Waals surface area contributed by atoms with E-state index in [-0.39, 0.29) is 12.2 Å². The number of halogens is 1. The quantitative estimate of drug-likeness (QED) is 0.776. The van der Waals surface area contributed by atoms with Crippen molar-refractivity contribution in [2.24, 2.45) is 0 Å². The van der Waals surface area contributed by atoms with Crippen molar-refractivity contribution in [3.63, 3.8) is 0 Å². The molecule has 0 aliphatic heterocycles. The fourth-order valence-electron chi connectivity index (χ4n) is 1.22. The molecule has 1 rings (SSSR count). The Morgan fingerprint density at radius 1 is 1.60 bits per heavy atom. The molecule has 0 saturated heterocycles. The number of hydrogen-bond donors (Lipinski definition) is 1. The van der Waals surface area contributed by atoms with Crippen LogP contribution in [0.25, 0.3) is 0 Å². The maximum Gasteiger partial charge on any atom is 0.339 e. The van der Waals surface area contributed by atoms with Crippen molar-refractivity contribution >= 4 is 5.97 Å². The van der Waals surface area contributed by atoms with Gasteiger partial charge in [0.1, 0.15) is 5.82 Å². The van der Waals surface area contributed by atoms with Gasteiger partial charge < -0.3 is 9.84 Å². The average molecular weight is 212 g/mol. The number of benzene rings is 1. The summed E-state index contributed by atoms with van der Waals surface area (Å²) in [7, 11) is 0. The third kappa shape index (κ3) is 2.76. The molecule has 1 aromatic rings. The molecule has 1 aromatic carbocycles. The lowest BCUT2D eigenvalue weighted by Crippen LogP contribution is -2.16. The van der Waals surface area contributed by atoms with Crippen LogP contribution in [0.1, 0.15) is 24.2 Å². The van der Waals surface area contributed by atoms with Gasteiger partial charge in [0, 0.05) is 5.56 Å². The van der Waals surface area contributed by atoms with Crippen LogP contribution in [0.5, 0.6) is 0 Å². The lowest BCUT2D eigenvalue weighted by atomic mass is 10.1. The fraction of sp³-hybridized carbons (Fsp3) is 0.364. The Labute approximate surface area is 87.5 Å². The van der Waals surface area contributed by atoms with Gasteiger partial charge in [-0.05, 0) is 26.0 Å². The highest BCUT2D eigenvalue weighted by Gasteiger charge is 2.21. The van der Waals surface area contributed by atoms with Crippen molar-refractivity contribution in [1.82, 2.24) is 0 Å². The number of rotatable bonds is 3. The molecule has 0 aliphatic rings. The van der Waals surface area contributed by atoms with Crippen LogP contribution in [0.15, 0.2) is 18.2 Å². The average Bonchev–Trinajstić information content (AvgIpc) is 2.21. The maximum absolute atomic E-state index is 13.3. The third-order valence-electron chi connectivity index (χ3n) is 1.96. The fourth-order valence-corrected chi connectivity index (χ4v) is 1.22. The summed E-state index contributed by atoms with van der Waals surface area (Å²) in [5.41, 5.74) is 0.725. The number of aryl methyl sites for hydroxylation is 1. The van der Waals surface area contributed by atoms with E-state index in [1.807, 2.05) is 0 Å². The van der Waals surface area contributed by atoms with Crippen LogP contribution in [0.3, 0.4) is 0 Å². The number of esters is 1. The van der Waals surface area contributed by atoms with Crippen LogP contribution < -0.4 is 0 Å². The van der Waals surface area contributed by atoms with E-state index in [0.717, 1.165) is 5.56 Å². The molecule has 0 amide bonds. The van der Waals surface area contributed by atoms with Crippen LogP contribution >= 0.6 is 0 Å². The standard InChI is InChI=1S/C11H13FO3/c1-3-15-11(14)10(13)8-6-7(2)4-5-9(8)12/h4-6,10,13H,3H2,1-2H3. The summed E-state index contributed by atoms with van der Waals surface area (Å²) in [6.07, 6.45) is -1.55. The van der Waals surface area contributed by atoms with Gasteiger partial charge in [0.05, 0.1) is 6.61 Å². The molecular weight excluding hydrogens is 199 g/mol. The molecule has 1 unspecified atom stereocenters. The van der Waals surface area contributed by atoms with E-state index < -0.39 is 17.9 Å². The molecule has 0 aromatic heterocycles. The normalized spacial score (nSPS) is 12.3. The Hall–Kier alpha value is -1.42. The number of ether oxygens (including phenoxy) is 1. The minimum Gasteiger partial charge on any atom is -0.464 e. The van der Waals surface area contributed by atoms with Crippen LogP contribution in [-0.2, 0) is 9.53 Å². The third-order valence-corrected chi connectivity index (χ3v) is 1.96. The lowest BCUT2D eigenvalue weighted by molar-refractivity contribution is -0.153. The van der Waals surface area contributed by atoms with Gasteiger partial charge in [-0.2, -0.15) is 0 Å². The first-order valence-corrected chi connectivity index (χ1v) is 4.67. The largest absolute Gasteiger partial charge is 0.464 e. The highest BCUT2D eigenvalue weighted by molar-refractivity contribution is 5.76. The van der Waals surface area contributed by atoms with Crippen molar-refractivity contribution in [2.45, 2.75) is 20.0 Å². The number of aliphatic hydroxyl groups is 1. The molecule has 0 radical (unpaired) electrons. The second kappa shape index (κ2) is 4.89. The summed E-state index contributed by atoms with van der Waals surface area (Å²) in [6, 6.07) is 4.21. The minimum atomic E-state index is -1.55. The first-order valence-electron chi connectivity index (χ1n) is 4.67. The summed E-state index contributed by atoms with van der Waals surface area (Å²) < 4.78 is 17.9. The molecule has 0 heterocycles. The molecule has 0 fully saturated rings. The molecule has 1 atom stereocenters. The van der Waals surface area contributed by atoms with Gasteiger partial charge in [-0.25, -0.2) is 9.18 Å². The zero-order valence-electron chi connectivity index (χ0n) is 8.66. The van der Waals surface area contributed by atoms with E-state index in [1.54, 1.807) is 19.9 Å². The van der Waals surface area contributed by atoms with Crippen molar-refractivity contribution in [1.29, 1.82) is 0 Å². The monoisotopic (exact) mass is 212 g/mol. The van der Waals surface area contributed by atoms with Crippen LogP contribution in [-0.4, -0.2) is 17.7 Å². The Morgan fingerprint density at radius 2 is 2.27 bits per heavy atom. The lowest BCUT2D eigenvalue weighted by Gasteiger charge is -2.11. The van der Waals surface area contributed by atoms with Gasteiger partial charge in [-0.15, -0.1) is 0 Å². The van der Waals surface area contributed by atoms with Gasteiger partial charge in [-0.1, -0.05) is 11.6 Å². The zero-order chi connectivity index (χ0) is 11.4. The number of carbonyl (C=O) groups excluding carboxylic acids is 1. The second-order valence-electron chi connectivity index (χ2n) is 3.18. The van der Waals surface area contributed by atoms with Crippen LogP contribution in [0, 0.1) is 12.7 Å². The van der Waals surface area contributed by atoms with Gasteiger partial charge in [0.2, 0.25) is 0 Å². The van der Waals surface area contributed by atoms with Crippen LogP contribution in [0.2, 0.25) is 0 Å². The summed E-state index contributed by atoms with van der Waals surface area (Å²) in [5.74, 6) is -1.44. The van der Waals surface area contributed by atoms with E-state index >= 15 is 0 Å². The first-order chi connectivity index (χ1) is 7.06. The SMILES string of the molecule is CCOC(=O)C(O)c1cc(C)ccc1F. The molecule has 0 aliphatic carbocycles. The summed E-state index contributed by atoms with van der Waals surface area (Å²) in [5, 5.41) is 9.51. The number of aliphatic hydroxyl groups excluding tert-OH is 1. The molecule has 3 nitrogen and oxygen atoms in total. The van der Waals surface area contributed by atoms with Crippen molar-refractivity contribution in [3.8, 4) is 0 Å². The number of hydrogen-bond acceptors (Lipinski definition) is 3. The van der Waals surface area contributed by atoms with Gasteiger partial charge in [0.15, 0.2) is 6.10 Å². The van der Waals surface area contributed by atoms with Crippen molar-refractivity contribution in [3.05, 3.63) is 35.1 Å². The Morgan fingerprint density at radius 3 is 2.87 bits per heavy atom. The maximum atomic E-state index is 13.3. The first kappa shape index (κ1) is 11.7. The highest BCUT2D eigenvalue weighted by Crippen LogP contribution is 2.19. The Bertz CT molecular complexity index is 363. The van der Waals surface area contributed by atoms with E-state index in [1.165, 1.54) is 12.1 Å². The molecular formula is C11H13FO3. The molecule has 0 saturated carbocycles. The Kier molecular flexibility index (Phi) is 3.80. The highest BCUT2D eigenvalue weighted by atomic mass is 19.1. The molecule has 0 spiro atoms. The molecule has 1 N–H and O–H groups in total. The molecule has 15 heavy (non-hydrogen) atoms. The summed E-state index contributed by atoms with van der Waals surface area (Å²) in [4.78, 5) is 11.2. The molecule has 82 valence electrons.